The fraction of sp³-hybridized carbons (Fsp3) is 0.333. The molecule has 6 nitrogen and oxygen atoms in total. The van der Waals surface area contributed by atoms with Crippen LogP contribution in [-0.2, 0) is 9.53 Å². The molecule has 1 saturated heterocycles. The number of hydrogen-bond donors (Lipinski definition) is 2. The van der Waals surface area contributed by atoms with Crippen LogP contribution < -0.4 is 0 Å². The monoisotopic (exact) mass is 384 g/mol. The van der Waals surface area contributed by atoms with E-state index >= 15 is 0 Å². The molecule has 2 aromatic rings. The van der Waals surface area contributed by atoms with E-state index in [0.717, 1.165) is 0 Å². The fourth-order valence-corrected chi connectivity index (χ4v) is 3.13. The third-order valence-electron chi connectivity index (χ3n) is 3.71. The van der Waals surface area contributed by atoms with Crippen molar-refractivity contribution >= 4 is 38.7 Å². The standard InChI is InChI=1S/C15H14BrFN2O4/c1-7-5-19(6-13(23-7)15(21)22)14(20)12-4-9-10(17)2-8(16)3-11(9)18-12/h2-4,7,13,18H,5-6H2,1H3,(H,21,22)/t7-,13?/m1/s1. The molecule has 2 heterocycles. The Kier molecular flexibility index (Phi) is 4.11. The topological polar surface area (TPSA) is 82.6 Å². The van der Waals surface area contributed by atoms with Crippen LogP contribution in [0.3, 0.4) is 0 Å². The van der Waals surface area contributed by atoms with Gasteiger partial charge in [0.15, 0.2) is 6.10 Å². The average molecular weight is 385 g/mol. The number of aliphatic carboxylic acids is 1. The summed E-state index contributed by atoms with van der Waals surface area (Å²) in [6.45, 7) is 1.95. The summed E-state index contributed by atoms with van der Waals surface area (Å²) in [5.74, 6) is -1.93. The number of nitrogens with one attached hydrogen (secondary N) is 1. The number of H-pyrrole nitrogens is 1. The Bertz CT molecular complexity index is 791. The molecule has 2 atom stereocenters. The maximum absolute atomic E-state index is 13.9. The first-order valence-electron chi connectivity index (χ1n) is 7.00. The van der Waals surface area contributed by atoms with Gasteiger partial charge >= 0.3 is 5.97 Å². The lowest BCUT2D eigenvalue weighted by atomic mass is 10.2. The highest BCUT2D eigenvalue weighted by atomic mass is 79.9. The van der Waals surface area contributed by atoms with Gasteiger partial charge in [0, 0.05) is 16.4 Å². The Balaban J connectivity index is 1.90. The number of amides is 1. The number of benzene rings is 1. The highest BCUT2D eigenvalue weighted by molar-refractivity contribution is 9.10. The molecule has 1 aromatic carbocycles. The minimum absolute atomic E-state index is 0.0416. The number of halogens is 2. The molecular formula is C15H14BrFN2O4. The Morgan fingerprint density at radius 1 is 1.39 bits per heavy atom. The van der Waals surface area contributed by atoms with Gasteiger partial charge in [-0.1, -0.05) is 15.9 Å². The molecule has 1 aromatic heterocycles. The summed E-state index contributed by atoms with van der Waals surface area (Å²) in [4.78, 5) is 28.0. The summed E-state index contributed by atoms with van der Waals surface area (Å²) in [7, 11) is 0. The molecule has 3 rings (SSSR count). The van der Waals surface area contributed by atoms with E-state index in [1.165, 1.54) is 17.0 Å². The zero-order valence-electron chi connectivity index (χ0n) is 12.2. The number of carbonyl (C=O) groups excluding carboxylic acids is 1. The van der Waals surface area contributed by atoms with Crippen LogP contribution in [0.25, 0.3) is 10.9 Å². The number of fused-ring (bicyclic) bond motifs is 1. The van der Waals surface area contributed by atoms with Gasteiger partial charge in [0.1, 0.15) is 11.5 Å². The fourth-order valence-electron chi connectivity index (χ4n) is 2.70. The second-order valence-electron chi connectivity index (χ2n) is 5.52. The van der Waals surface area contributed by atoms with Crippen molar-refractivity contribution in [3.05, 3.63) is 34.2 Å². The van der Waals surface area contributed by atoms with Gasteiger partial charge in [-0.3, -0.25) is 4.79 Å². The molecule has 1 aliphatic rings. The first-order chi connectivity index (χ1) is 10.8. The number of nitrogens with zero attached hydrogens (tertiary/aromatic N) is 1. The van der Waals surface area contributed by atoms with E-state index in [1.807, 2.05) is 0 Å². The van der Waals surface area contributed by atoms with E-state index in [2.05, 4.69) is 20.9 Å². The van der Waals surface area contributed by atoms with Crippen molar-refractivity contribution in [3.8, 4) is 0 Å². The van der Waals surface area contributed by atoms with Crippen LogP contribution in [0.5, 0.6) is 0 Å². The van der Waals surface area contributed by atoms with Crippen molar-refractivity contribution < 1.29 is 23.8 Å². The van der Waals surface area contributed by atoms with E-state index < -0.39 is 17.9 Å². The summed E-state index contributed by atoms with van der Waals surface area (Å²) >= 11 is 3.20. The predicted molar refractivity (Wildman–Crippen MR) is 83.8 cm³/mol. The number of aromatic amines is 1. The molecule has 1 amide bonds. The Morgan fingerprint density at radius 3 is 2.83 bits per heavy atom. The number of aromatic nitrogens is 1. The summed E-state index contributed by atoms with van der Waals surface area (Å²) in [5, 5.41) is 9.39. The molecule has 1 unspecified atom stereocenters. The second kappa shape index (κ2) is 5.93. The van der Waals surface area contributed by atoms with Gasteiger partial charge in [0.25, 0.3) is 5.91 Å². The lowest BCUT2D eigenvalue weighted by Crippen LogP contribution is -2.51. The van der Waals surface area contributed by atoms with E-state index in [0.29, 0.717) is 15.4 Å². The SMILES string of the molecule is C[C@@H]1CN(C(=O)c2cc3c(F)cc(Br)cc3[nH]2)CC(C(=O)O)O1. The lowest BCUT2D eigenvalue weighted by molar-refractivity contribution is -0.160. The molecule has 8 heteroatoms. The molecule has 1 aliphatic heterocycles. The van der Waals surface area contributed by atoms with Crippen LogP contribution in [0.15, 0.2) is 22.7 Å². The van der Waals surface area contributed by atoms with Crippen LogP contribution in [0, 0.1) is 5.82 Å². The van der Waals surface area contributed by atoms with Gasteiger partial charge < -0.3 is 19.7 Å². The van der Waals surface area contributed by atoms with Crippen LogP contribution in [0.1, 0.15) is 17.4 Å². The van der Waals surface area contributed by atoms with Gasteiger partial charge in [0.2, 0.25) is 0 Å². The number of carbonyl (C=O) groups is 2. The number of ether oxygens (including phenoxy) is 1. The van der Waals surface area contributed by atoms with Crippen molar-refractivity contribution in [2.75, 3.05) is 13.1 Å². The minimum Gasteiger partial charge on any atom is -0.479 e. The molecule has 1 fully saturated rings. The Morgan fingerprint density at radius 2 is 2.13 bits per heavy atom. The molecule has 2 N–H and O–H groups in total. The zero-order valence-corrected chi connectivity index (χ0v) is 13.8. The third kappa shape index (κ3) is 3.09. The van der Waals surface area contributed by atoms with Gasteiger partial charge in [-0.15, -0.1) is 0 Å². The normalized spacial score (nSPS) is 21.6. The largest absolute Gasteiger partial charge is 0.479 e. The highest BCUT2D eigenvalue weighted by Gasteiger charge is 2.33. The van der Waals surface area contributed by atoms with Gasteiger partial charge in [-0.05, 0) is 25.1 Å². The second-order valence-corrected chi connectivity index (χ2v) is 6.43. The van der Waals surface area contributed by atoms with Crippen LogP contribution in [-0.4, -0.2) is 52.2 Å². The van der Waals surface area contributed by atoms with Crippen LogP contribution >= 0.6 is 15.9 Å². The predicted octanol–water partition coefficient (Wildman–Crippen LogP) is 2.38. The number of carboxylic acid groups (broad SMARTS) is 1. The summed E-state index contributed by atoms with van der Waals surface area (Å²) in [6.07, 6.45) is -1.44. The molecular weight excluding hydrogens is 371 g/mol. The molecule has 0 aliphatic carbocycles. The Labute approximate surface area is 139 Å². The smallest absolute Gasteiger partial charge is 0.334 e. The van der Waals surface area contributed by atoms with Crippen molar-refractivity contribution in [2.24, 2.45) is 0 Å². The third-order valence-corrected chi connectivity index (χ3v) is 4.16. The molecule has 0 bridgehead atoms. The Hall–Kier alpha value is -1.93. The first-order valence-corrected chi connectivity index (χ1v) is 7.79. The van der Waals surface area contributed by atoms with Gasteiger partial charge in [0.05, 0.1) is 18.2 Å². The van der Waals surface area contributed by atoms with E-state index in [4.69, 9.17) is 9.84 Å². The minimum atomic E-state index is -1.11. The first kappa shape index (κ1) is 15.9. The van der Waals surface area contributed by atoms with Gasteiger partial charge in [-0.25, -0.2) is 9.18 Å². The maximum Gasteiger partial charge on any atom is 0.334 e. The molecule has 0 spiro atoms. The van der Waals surface area contributed by atoms with E-state index in [9.17, 15) is 14.0 Å². The van der Waals surface area contributed by atoms with E-state index in [1.54, 1.807) is 13.0 Å². The number of rotatable bonds is 2. The lowest BCUT2D eigenvalue weighted by Gasteiger charge is -2.34. The molecule has 23 heavy (non-hydrogen) atoms. The number of hydrogen-bond acceptors (Lipinski definition) is 3. The molecule has 0 radical (unpaired) electrons. The van der Waals surface area contributed by atoms with Crippen LogP contribution in [0.2, 0.25) is 0 Å². The average Bonchev–Trinajstić information content (AvgIpc) is 2.89. The van der Waals surface area contributed by atoms with Crippen molar-refractivity contribution in [3.63, 3.8) is 0 Å². The zero-order chi connectivity index (χ0) is 16.7. The van der Waals surface area contributed by atoms with E-state index in [-0.39, 0.29) is 30.8 Å². The highest BCUT2D eigenvalue weighted by Crippen LogP contribution is 2.25. The van der Waals surface area contributed by atoms with Crippen molar-refractivity contribution in [1.82, 2.24) is 9.88 Å². The molecule has 0 saturated carbocycles. The number of morpholine rings is 1. The van der Waals surface area contributed by atoms with Crippen LogP contribution in [0.4, 0.5) is 4.39 Å². The summed E-state index contributed by atoms with van der Waals surface area (Å²) in [5.41, 5.74) is 0.714. The van der Waals surface area contributed by atoms with Crippen molar-refractivity contribution in [2.45, 2.75) is 19.1 Å². The summed E-state index contributed by atoms with van der Waals surface area (Å²) < 4.78 is 19.8. The quantitative estimate of drug-likeness (QED) is 0.832. The van der Waals surface area contributed by atoms with Crippen molar-refractivity contribution in [1.29, 1.82) is 0 Å². The van der Waals surface area contributed by atoms with Gasteiger partial charge in [-0.2, -0.15) is 0 Å². The maximum atomic E-state index is 13.9. The number of carboxylic acids is 1. The molecule has 122 valence electrons. The summed E-state index contributed by atoms with van der Waals surface area (Å²) in [6, 6.07) is 4.44.